The molecule has 1 aliphatic heterocycles. The van der Waals surface area contributed by atoms with Crippen molar-refractivity contribution in [1.82, 2.24) is 5.32 Å². The monoisotopic (exact) mass is 331 g/mol. The molecule has 1 atom stereocenters. The fourth-order valence-corrected chi connectivity index (χ4v) is 4.42. The number of sulfone groups is 1. The summed E-state index contributed by atoms with van der Waals surface area (Å²) in [6, 6.07) is 5.66. The minimum absolute atomic E-state index is 0.0982. The Kier molecular flexibility index (Phi) is 5.90. The Balaban J connectivity index is 1.66. The third-order valence-corrected chi connectivity index (χ3v) is 5.67. The number of rotatable bonds is 6. The van der Waals surface area contributed by atoms with Crippen LogP contribution < -0.4 is 10.1 Å². The van der Waals surface area contributed by atoms with Crippen molar-refractivity contribution in [1.29, 1.82) is 0 Å². The van der Waals surface area contributed by atoms with E-state index in [1.54, 1.807) is 0 Å². The molecule has 21 heavy (non-hydrogen) atoms. The van der Waals surface area contributed by atoms with Gasteiger partial charge >= 0.3 is 0 Å². The van der Waals surface area contributed by atoms with Crippen molar-refractivity contribution in [3.63, 3.8) is 0 Å². The van der Waals surface area contributed by atoms with Crippen LogP contribution in [0.3, 0.4) is 0 Å². The number of aryl methyl sites for hydroxylation is 1. The maximum atomic E-state index is 11.5. The second-order valence-electron chi connectivity index (χ2n) is 5.52. The van der Waals surface area contributed by atoms with Crippen molar-refractivity contribution in [3.8, 4) is 5.75 Å². The van der Waals surface area contributed by atoms with Gasteiger partial charge in [-0.25, -0.2) is 8.42 Å². The van der Waals surface area contributed by atoms with Crippen LogP contribution in [0.5, 0.6) is 5.75 Å². The van der Waals surface area contributed by atoms with Gasteiger partial charge in [0.15, 0.2) is 9.84 Å². The van der Waals surface area contributed by atoms with Crippen LogP contribution >= 0.6 is 11.6 Å². The molecule has 0 aromatic heterocycles. The molecule has 1 aliphatic rings. The lowest BCUT2D eigenvalue weighted by atomic mass is 10.2. The zero-order chi connectivity index (χ0) is 15.3. The van der Waals surface area contributed by atoms with Gasteiger partial charge in [-0.15, -0.1) is 0 Å². The topological polar surface area (TPSA) is 55.4 Å². The van der Waals surface area contributed by atoms with Crippen molar-refractivity contribution in [2.45, 2.75) is 32.2 Å². The van der Waals surface area contributed by atoms with Crippen LogP contribution in [0, 0.1) is 6.92 Å². The van der Waals surface area contributed by atoms with E-state index >= 15 is 0 Å². The molecule has 118 valence electrons. The molecule has 1 N–H and O–H groups in total. The summed E-state index contributed by atoms with van der Waals surface area (Å²) < 4.78 is 28.8. The summed E-state index contributed by atoms with van der Waals surface area (Å²) in [6.45, 7) is 3.34. The van der Waals surface area contributed by atoms with Crippen molar-refractivity contribution >= 4 is 21.4 Å². The molecule has 1 aromatic rings. The molecule has 1 heterocycles. The number of halogens is 1. The van der Waals surface area contributed by atoms with Crippen molar-refractivity contribution in [3.05, 3.63) is 28.8 Å². The third-order valence-electron chi connectivity index (χ3n) is 3.61. The molecule has 0 radical (unpaired) electrons. The van der Waals surface area contributed by atoms with Crippen molar-refractivity contribution < 1.29 is 13.2 Å². The second kappa shape index (κ2) is 7.47. The summed E-state index contributed by atoms with van der Waals surface area (Å²) in [5, 5.41) is 4.02. The Morgan fingerprint density at radius 3 is 2.95 bits per heavy atom. The average Bonchev–Trinajstić information content (AvgIpc) is 2.39. The van der Waals surface area contributed by atoms with Gasteiger partial charge in [0.2, 0.25) is 0 Å². The van der Waals surface area contributed by atoms with E-state index in [1.165, 1.54) is 0 Å². The molecule has 0 amide bonds. The Morgan fingerprint density at radius 2 is 2.24 bits per heavy atom. The summed E-state index contributed by atoms with van der Waals surface area (Å²) >= 11 is 5.90. The van der Waals surface area contributed by atoms with Crippen LogP contribution in [0.2, 0.25) is 5.02 Å². The van der Waals surface area contributed by atoms with Gasteiger partial charge in [0, 0.05) is 11.1 Å². The van der Waals surface area contributed by atoms with Gasteiger partial charge in [-0.05, 0) is 56.5 Å². The Labute approximate surface area is 131 Å². The van der Waals surface area contributed by atoms with E-state index in [0.717, 1.165) is 37.1 Å². The first-order chi connectivity index (χ1) is 9.96. The van der Waals surface area contributed by atoms with Gasteiger partial charge in [0.25, 0.3) is 0 Å². The van der Waals surface area contributed by atoms with Crippen LogP contribution in [0.1, 0.15) is 24.8 Å². The maximum Gasteiger partial charge on any atom is 0.151 e. The molecule has 1 saturated heterocycles. The lowest BCUT2D eigenvalue weighted by Gasteiger charge is -2.23. The van der Waals surface area contributed by atoms with Crippen molar-refractivity contribution in [2.75, 3.05) is 24.7 Å². The fraction of sp³-hybridized carbons (Fsp3) is 0.600. The molecule has 1 fully saturated rings. The number of hydrogen-bond acceptors (Lipinski definition) is 4. The minimum Gasteiger partial charge on any atom is -0.493 e. The van der Waals surface area contributed by atoms with Crippen LogP contribution in [0.15, 0.2) is 18.2 Å². The largest absolute Gasteiger partial charge is 0.493 e. The van der Waals surface area contributed by atoms with Crippen LogP contribution in [-0.2, 0) is 9.84 Å². The van der Waals surface area contributed by atoms with Crippen LogP contribution in [-0.4, -0.2) is 39.1 Å². The zero-order valence-electron chi connectivity index (χ0n) is 12.3. The first-order valence-electron chi connectivity index (χ1n) is 7.29. The molecule has 1 aromatic carbocycles. The summed E-state index contributed by atoms with van der Waals surface area (Å²) in [5.74, 6) is 1.45. The molecule has 2 rings (SSSR count). The molecule has 1 unspecified atom stereocenters. The molecule has 4 nitrogen and oxygen atoms in total. The number of nitrogens with one attached hydrogen (secondary N) is 1. The van der Waals surface area contributed by atoms with E-state index in [9.17, 15) is 8.42 Å². The Hall–Kier alpha value is -0.780. The highest BCUT2D eigenvalue weighted by Gasteiger charge is 2.23. The third kappa shape index (κ3) is 5.49. The van der Waals surface area contributed by atoms with Gasteiger partial charge in [-0.3, -0.25) is 0 Å². The lowest BCUT2D eigenvalue weighted by Crippen LogP contribution is -2.40. The van der Waals surface area contributed by atoms with E-state index in [4.69, 9.17) is 16.3 Å². The molecule has 0 aliphatic carbocycles. The lowest BCUT2D eigenvalue weighted by molar-refractivity contribution is 0.302. The number of ether oxygens (including phenoxy) is 1. The standard InChI is InChI=1S/C15H22ClNO3S/c1-12-10-13(16)5-6-15(12)20-8-3-7-17-14-4-2-9-21(18,19)11-14/h5-6,10,14,17H,2-4,7-9,11H2,1H3. The van der Waals surface area contributed by atoms with Gasteiger partial charge in [0.05, 0.1) is 18.1 Å². The summed E-state index contributed by atoms with van der Waals surface area (Å²) in [7, 11) is -2.83. The first kappa shape index (κ1) is 16.6. The van der Waals surface area contributed by atoms with E-state index in [0.29, 0.717) is 17.4 Å². The first-order valence-corrected chi connectivity index (χ1v) is 9.49. The Morgan fingerprint density at radius 1 is 1.43 bits per heavy atom. The van der Waals surface area contributed by atoms with Crippen LogP contribution in [0.4, 0.5) is 0 Å². The predicted molar refractivity (Wildman–Crippen MR) is 86.0 cm³/mol. The van der Waals surface area contributed by atoms with Gasteiger partial charge in [-0.2, -0.15) is 0 Å². The zero-order valence-corrected chi connectivity index (χ0v) is 13.8. The molecule has 6 heteroatoms. The van der Waals surface area contributed by atoms with E-state index in [1.807, 2.05) is 25.1 Å². The van der Waals surface area contributed by atoms with Gasteiger partial charge < -0.3 is 10.1 Å². The van der Waals surface area contributed by atoms with Crippen molar-refractivity contribution in [2.24, 2.45) is 0 Å². The normalized spacial score (nSPS) is 21.1. The summed E-state index contributed by atoms with van der Waals surface area (Å²) in [4.78, 5) is 0. The van der Waals surface area contributed by atoms with E-state index in [-0.39, 0.29) is 11.8 Å². The second-order valence-corrected chi connectivity index (χ2v) is 8.18. The number of hydrogen-bond donors (Lipinski definition) is 1. The fourth-order valence-electron chi connectivity index (χ4n) is 2.52. The minimum atomic E-state index is -2.83. The highest BCUT2D eigenvalue weighted by Crippen LogP contribution is 2.21. The van der Waals surface area contributed by atoms with Gasteiger partial charge in [-0.1, -0.05) is 11.6 Å². The summed E-state index contributed by atoms with van der Waals surface area (Å²) in [5.41, 5.74) is 1.02. The van der Waals surface area contributed by atoms with Crippen LogP contribution in [0.25, 0.3) is 0 Å². The van der Waals surface area contributed by atoms with E-state index in [2.05, 4.69) is 5.32 Å². The molecular weight excluding hydrogens is 310 g/mol. The molecule has 0 bridgehead atoms. The summed E-state index contributed by atoms with van der Waals surface area (Å²) in [6.07, 6.45) is 2.55. The highest BCUT2D eigenvalue weighted by atomic mass is 35.5. The van der Waals surface area contributed by atoms with E-state index < -0.39 is 9.84 Å². The highest BCUT2D eigenvalue weighted by molar-refractivity contribution is 7.91. The SMILES string of the molecule is Cc1cc(Cl)ccc1OCCCNC1CCCS(=O)(=O)C1. The number of benzene rings is 1. The molecular formula is C15H22ClNO3S. The predicted octanol–water partition coefficient (Wildman–Crippen LogP) is 2.58. The molecule has 0 spiro atoms. The maximum absolute atomic E-state index is 11.5. The Bertz CT molecular complexity index is 574. The quantitative estimate of drug-likeness (QED) is 0.814. The smallest absolute Gasteiger partial charge is 0.151 e. The van der Waals surface area contributed by atoms with Gasteiger partial charge in [0.1, 0.15) is 5.75 Å². The molecule has 0 saturated carbocycles. The average molecular weight is 332 g/mol.